The van der Waals surface area contributed by atoms with Crippen LogP contribution in [-0.2, 0) is 11.8 Å². The number of aliphatic carboxylic acids is 1. The third-order valence-corrected chi connectivity index (χ3v) is 5.29. The average molecular weight is 516 g/mol. The fourth-order valence-corrected chi connectivity index (χ4v) is 3.60. The Morgan fingerprint density at radius 3 is 2.65 bits per heavy atom. The molecule has 14 heteroatoms. The number of hydrogen-bond donors (Lipinski definition) is 3. The number of aryl methyl sites for hydroxylation is 1. The molecule has 10 nitrogen and oxygen atoms in total. The van der Waals surface area contributed by atoms with Crippen molar-refractivity contribution in [1.29, 1.82) is 0 Å². The zero-order chi connectivity index (χ0) is 26.7. The molecule has 2 aromatic carbocycles. The van der Waals surface area contributed by atoms with E-state index in [1.807, 2.05) is 55.3 Å². The molecule has 3 N–H and O–H groups in total. The van der Waals surface area contributed by atoms with Gasteiger partial charge in [-0.25, -0.2) is 14.2 Å². The minimum atomic E-state index is -5.08. The standard InChI is InChI=1S/C21H19FN8.C2HF3O2/c1-3-30(19-6-4-5-17-15(19)11-24-28-17)20-16(22)12-23-21(27-20)26-14-7-8-18-13(9-14)10-25-29(18)2;3-2(4,5)1(6)7/h4-12H,3H2,1-2H3,(H,24,28)(H,23,26,27);(H,6,7). The fraction of sp³-hybridized carbons (Fsp3) is 0.174. The van der Waals surface area contributed by atoms with Gasteiger partial charge in [-0.1, -0.05) is 6.07 Å². The van der Waals surface area contributed by atoms with Gasteiger partial charge in [-0.05, 0) is 37.3 Å². The molecule has 0 amide bonds. The topological polar surface area (TPSA) is 125 Å². The third-order valence-electron chi connectivity index (χ3n) is 5.29. The number of aromatic amines is 1. The smallest absolute Gasteiger partial charge is 0.475 e. The number of halogens is 4. The van der Waals surface area contributed by atoms with Gasteiger partial charge in [-0.15, -0.1) is 0 Å². The normalized spacial score (nSPS) is 11.3. The molecule has 37 heavy (non-hydrogen) atoms. The van der Waals surface area contributed by atoms with Crippen molar-refractivity contribution in [2.24, 2.45) is 7.05 Å². The number of nitrogens with one attached hydrogen (secondary N) is 2. The number of alkyl halides is 3. The number of carboxylic acid groups (broad SMARTS) is 1. The Labute approximate surface area is 206 Å². The van der Waals surface area contributed by atoms with Gasteiger partial charge in [0, 0.05) is 30.1 Å². The van der Waals surface area contributed by atoms with E-state index in [0.717, 1.165) is 33.2 Å². The maximum Gasteiger partial charge on any atom is 0.490 e. The predicted octanol–water partition coefficient (Wildman–Crippen LogP) is 4.91. The number of rotatable bonds is 5. The number of fused-ring (bicyclic) bond motifs is 2. The molecule has 3 heterocycles. The van der Waals surface area contributed by atoms with E-state index in [1.54, 1.807) is 17.1 Å². The zero-order valence-electron chi connectivity index (χ0n) is 19.5. The van der Waals surface area contributed by atoms with Gasteiger partial charge < -0.3 is 15.3 Å². The summed E-state index contributed by atoms with van der Waals surface area (Å²) >= 11 is 0. The lowest BCUT2D eigenvalue weighted by atomic mass is 10.2. The Kier molecular flexibility index (Phi) is 6.91. The summed E-state index contributed by atoms with van der Waals surface area (Å²) < 4.78 is 48.3. The van der Waals surface area contributed by atoms with E-state index in [0.29, 0.717) is 12.5 Å². The highest BCUT2D eigenvalue weighted by atomic mass is 19.4. The average Bonchev–Trinajstić information content (AvgIpc) is 3.48. The van der Waals surface area contributed by atoms with Crippen molar-refractivity contribution in [2.45, 2.75) is 13.1 Å². The lowest BCUT2D eigenvalue weighted by Gasteiger charge is -2.23. The molecule has 0 aliphatic heterocycles. The Morgan fingerprint density at radius 2 is 1.95 bits per heavy atom. The number of carbonyl (C=O) groups is 1. The van der Waals surface area contributed by atoms with Gasteiger partial charge in [0.2, 0.25) is 5.95 Å². The van der Waals surface area contributed by atoms with Crippen molar-refractivity contribution < 1.29 is 27.5 Å². The molecule has 0 atom stereocenters. The van der Waals surface area contributed by atoms with Crippen molar-refractivity contribution in [3.63, 3.8) is 0 Å². The lowest BCUT2D eigenvalue weighted by Crippen LogP contribution is -2.21. The van der Waals surface area contributed by atoms with E-state index >= 15 is 0 Å². The van der Waals surface area contributed by atoms with Gasteiger partial charge >= 0.3 is 12.1 Å². The Morgan fingerprint density at radius 1 is 1.19 bits per heavy atom. The van der Waals surface area contributed by atoms with Crippen molar-refractivity contribution >= 4 is 50.9 Å². The van der Waals surface area contributed by atoms with E-state index in [2.05, 4.69) is 30.6 Å². The molecule has 0 radical (unpaired) electrons. The van der Waals surface area contributed by atoms with Gasteiger partial charge in [-0.3, -0.25) is 9.78 Å². The molecule has 192 valence electrons. The van der Waals surface area contributed by atoms with Gasteiger partial charge in [0.1, 0.15) is 0 Å². The fourth-order valence-electron chi connectivity index (χ4n) is 3.60. The summed E-state index contributed by atoms with van der Waals surface area (Å²) in [5, 5.41) is 23.5. The number of aromatic nitrogens is 6. The van der Waals surface area contributed by atoms with Crippen LogP contribution in [0.5, 0.6) is 0 Å². The number of nitrogens with zero attached hydrogens (tertiary/aromatic N) is 6. The number of carboxylic acids is 1. The predicted molar refractivity (Wildman–Crippen MR) is 128 cm³/mol. The highest BCUT2D eigenvalue weighted by molar-refractivity contribution is 5.93. The van der Waals surface area contributed by atoms with E-state index in [9.17, 15) is 17.6 Å². The van der Waals surface area contributed by atoms with Crippen LogP contribution in [0, 0.1) is 5.82 Å². The number of H-pyrrole nitrogens is 1. The Hall–Kier alpha value is -4.75. The van der Waals surface area contributed by atoms with Crippen LogP contribution in [0.4, 0.5) is 40.7 Å². The first-order valence-electron chi connectivity index (χ1n) is 10.8. The molecule has 0 saturated heterocycles. The highest BCUT2D eigenvalue weighted by Crippen LogP contribution is 2.32. The molecular formula is C23H20F4N8O2. The second kappa shape index (κ2) is 10.1. The first kappa shape index (κ1) is 25.3. The molecule has 0 fully saturated rings. The first-order valence-corrected chi connectivity index (χ1v) is 10.8. The van der Waals surface area contributed by atoms with Crippen molar-refractivity contribution in [2.75, 3.05) is 16.8 Å². The molecule has 3 aromatic heterocycles. The van der Waals surface area contributed by atoms with Crippen LogP contribution in [0.25, 0.3) is 21.8 Å². The minimum Gasteiger partial charge on any atom is -0.475 e. The van der Waals surface area contributed by atoms with Crippen LogP contribution in [0.3, 0.4) is 0 Å². The van der Waals surface area contributed by atoms with Gasteiger partial charge in [0.15, 0.2) is 11.6 Å². The summed E-state index contributed by atoms with van der Waals surface area (Å²) in [4.78, 5) is 19.3. The minimum absolute atomic E-state index is 0.200. The van der Waals surface area contributed by atoms with Crippen molar-refractivity contribution in [1.82, 2.24) is 29.9 Å². The summed E-state index contributed by atoms with van der Waals surface area (Å²) in [5.74, 6) is -2.74. The maximum atomic E-state index is 14.7. The highest BCUT2D eigenvalue weighted by Gasteiger charge is 2.38. The van der Waals surface area contributed by atoms with Gasteiger partial charge in [-0.2, -0.15) is 28.4 Å². The first-order chi connectivity index (χ1) is 17.6. The summed E-state index contributed by atoms with van der Waals surface area (Å²) in [6.45, 7) is 2.48. The van der Waals surface area contributed by atoms with E-state index < -0.39 is 18.0 Å². The molecule has 5 aromatic rings. The van der Waals surface area contributed by atoms with Crippen LogP contribution in [0.15, 0.2) is 55.0 Å². The largest absolute Gasteiger partial charge is 0.490 e. The molecule has 0 aliphatic carbocycles. The van der Waals surface area contributed by atoms with Crippen LogP contribution in [0.1, 0.15) is 6.92 Å². The molecule has 0 spiro atoms. The Balaban J connectivity index is 0.000000405. The quantitative estimate of drug-likeness (QED) is 0.282. The molecule has 0 unspecified atom stereocenters. The van der Waals surface area contributed by atoms with Gasteiger partial charge in [0.05, 0.1) is 35.3 Å². The third kappa shape index (κ3) is 5.42. The van der Waals surface area contributed by atoms with E-state index in [-0.39, 0.29) is 5.82 Å². The molecule has 0 aliphatic rings. The summed E-state index contributed by atoms with van der Waals surface area (Å²) in [7, 11) is 1.89. The monoisotopic (exact) mass is 516 g/mol. The van der Waals surface area contributed by atoms with Crippen molar-refractivity contribution in [3.05, 3.63) is 60.8 Å². The maximum absolute atomic E-state index is 14.7. The molecule has 0 bridgehead atoms. The van der Waals surface area contributed by atoms with Crippen molar-refractivity contribution in [3.8, 4) is 0 Å². The van der Waals surface area contributed by atoms with Crippen LogP contribution >= 0.6 is 0 Å². The molecule has 5 rings (SSSR count). The second-order valence-electron chi connectivity index (χ2n) is 7.69. The van der Waals surface area contributed by atoms with Crippen LogP contribution < -0.4 is 10.2 Å². The summed E-state index contributed by atoms with van der Waals surface area (Å²) in [6.07, 6.45) is -0.373. The SMILES string of the molecule is CCN(c1nc(Nc2ccc3c(cnn3C)c2)ncc1F)c1cccc2[nH]ncc12.O=C(O)C(F)(F)F. The van der Waals surface area contributed by atoms with Crippen LogP contribution in [-0.4, -0.2) is 53.7 Å². The lowest BCUT2D eigenvalue weighted by molar-refractivity contribution is -0.192. The van der Waals surface area contributed by atoms with Gasteiger partial charge in [0.25, 0.3) is 0 Å². The second-order valence-corrected chi connectivity index (χ2v) is 7.69. The summed E-state index contributed by atoms with van der Waals surface area (Å²) in [5.41, 5.74) is 3.52. The zero-order valence-corrected chi connectivity index (χ0v) is 19.5. The van der Waals surface area contributed by atoms with E-state index in [4.69, 9.17) is 9.90 Å². The number of anilines is 4. The molecular weight excluding hydrogens is 496 g/mol. The van der Waals surface area contributed by atoms with E-state index in [1.165, 1.54) is 6.20 Å². The Bertz CT molecular complexity index is 1560. The summed E-state index contributed by atoms with van der Waals surface area (Å²) in [6, 6.07) is 11.6. The number of hydrogen-bond acceptors (Lipinski definition) is 7. The van der Waals surface area contributed by atoms with Crippen LogP contribution in [0.2, 0.25) is 0 Å². The molecule has 0 saturated carbocycles. The number of benzene rings is 2.